The van der Waals surface area contributed by atoms with Crippen molar-refractivity contribution in [3.05, 3.63) is 26.5 Å². The first-order valence-electron chi connectivity index (χ1n) is 7.58. The van der Waals surface area contributed by atoms with Crippen molar-refractivity contribution in [2.75, 3.05) is 0 Å². The second kappa shape index (κ2) is 6.18. The predicted molar refractivity (Wildman–Crippen MR) is 95.7 cm³/mol. The molecular formula is C16H21IN2S. The fourth-order valence-corrected chi connectivity index (χ4v) is 4.41. The number of rotatable bonds is 3. The first-order chi connectivity index (χ1) is 9.69. The van der Waals surface area contributed by atoms with Crippen LogP contribution in [0.15, 0.2) is 18.2 Å². The molecule has 1 fully saturated rings. The minimum Gasteiger partial charge on any atom is -0.331 e. The van der Waals surface area contributed by atoms with Crippen LogP contribution >= 0.6 is 34.8 Å². The first-order valence-corrected chi connectivity index (χ1v) is 9.07. The molecule has 0 bridgehead atoms. The number of hydrogen-bond donors (Lipinski definition) is 1. The summed E-state index contributed by atoms with van der Waals surface area (Å²) in [6, 6.07) is 7.15. The van der Waals surface area contributed by atoms with E-state index in [0.29, 0.717) is 6.04 Å². The number of benzene rings is 1. The molecule has 2 nitrogen and oxygen atoms in total. The van der Waals surface area contributed by atoms with Gasteiger partial charge in [-0.25, -0.2) is 0 Å². The van der Waals surface area contributed by atoms with Gasteiger partial charge < -0.3 is 9.55 Å². The quantitative estimate of drug-likeness (QED) is 0.508. The SMILES string of the molecule is CCCC1CCC(n2c(=S)[nH]c3cc(I)ccc32)CC1. The topological polar surface area (TPSA) is 20.7 Å². The monoisotopic (exact) mass is 400 g/mol. The van der Waals surface area contributed by atoms with Gasteiger partial charge in [-0.3, -0.25) is 0 Å². The molecule has 2 aromatic rings. The van der Waals surface area contributed by atoms with Crippen molar-refractivity contribution in [3.63, 3.8) is 0 Å². The Morgan fingerprint density at radius 2 is 2.05 bits per heavy atom. The molecule has 1 aromatic heterocycles. The van der Waals surface area contributed by atoms with Gasteiger partial charge in [0.05, 0.1) is 11.0 Å². The third-order valence-corrected chi connectivity index (χ3v) is 5.53. The number of aromatic amines is 1. The van der Waals surface area contributed by atoms with Gasteiger partial charge in [-0.1, -0.05) is 19.8 Å². The fourth-order valence-electron chi connectivity index (χ4n) is 3.57. The molecule has 3 rings (SSSR count). The Morgan fingerprint density at radius 1 is 1.30 bits per heavy atom. The molecule has 108 valence electrons. The molecule has 0 atom stereocenters. The highest BCUT2D eigenvalue weighted by molar-refractivity contribution is 14.1. The summed E-state index contributed by atoms with van der Waals surface area (Å²) in [5, 5.41) is 0. The molecule has 0 radical (unpaired) electrons. The van der Waals surface area contributed by atoms with Crippen molar-refractivity contribution < 1.29 is 0 Å². The minimum atomic E-state index is 0.587. The van der Waals surface area contributed by atoms with E-state index in [9.17, 15) is 0 Å². The van der Waals surface area contributed by atoms with Crippen molar-refractivity contribution in [1.82, 2.24) is 9.55 Å². The summed E-state index contributed by atoms with van der Waals surface area (Å²) < 4.78 is 4.51. The number of H-pyrrole nitrogens is 1. The van der Waals surface area contributed by atoms with Crippen LogP contribution in [0.4, 0.5) is 0 Å². The number of aromatic nitrogens is 2. The summed E-state index contributed by atoms with van der Waals surface area (Å²) >= 11 is 7.91. The lowest BCUT2D eigenvalue weighted by atomic mass is 9.83. The van der Waals surface area contributed by atoms with E-state index in [4.69, 9.17) is 12.2 Å². The van der Waals surface area contributed by atoms with Gasteiger partial charge in [-0.2, -0.15) is 0 Å². The lowest BCUT2D eigenvalue weighted by molar-refractivity contribution is 0.264. The van der Waals surface area contributed by atoms with Gasteiger partial charge in [0.25, 0.3) is 0 Å². The van der Waals surface area contributed by atoms with Crippen LogP contribution in [0.25, 0.3) is 11.0 Å². The molecule has 0 spiro atoms. The van der Waals surface area contributed by atoms with Crippen LogP contribution < -0.4 is 0 Å². The van der Waals surface area contributed by atoms with Gasteiger partial charge in [-0.05, 0) is 84.6 Å². The van der Waals surface area contributed by atoms with Gasteiger partial charge in [-0.15, -0.1) is 0 Å². The maximum absolute atomic E-state index is 5.56. The average molecular weight is 400 g/mol. The molecule has 0 unspecified atom stereocenters. The normalized spacial score (nSPS) is 23.3. The van der Waals surface area contributed by atoms with E-state index in [-0.39, 0.29) is 0 Å². The molecule has 1 heterocycles. The standard InChI is InChI=1S/C16H21IN2S/c1-2-3-11-4-7-13(8-5-11)19-15-9-6-12(17)10-14(15)18-16(19)20/h6,9-11,13H,2-5,7-8H2,1H3,(H,18,20). The van der Waals surface area contributed by atoms with Crippen LogP contribution in [0.3, 0.4) is 0 Å². The van der Waals surface area contributed by atoms with Crippen LogP contribution in [0.1, 0.15) is 51.5 Å². The molecule has 4 heteroatoms. The number of nitrogens with zero attached hydrogens (tertiary/aromatic N) is 1. The molecule has 1 aromatic carbocycles. The van der Waals surface area contributed by atoms with Crippen molar-refractivity contribution in [2.45, 2.75) is 51.5 Å². The Hall–Kier alpha value is -0.360. The highest BCUT2D eigenvalue weighted by atomic mass is 127. The Labute approximate surface area is 139 Å². The number of halogens is 1. The van der Waals surface area contributed by atoms with Crippen LogP contribution in [0, 0.1) is 14.3 Å². The summed E-state index contributed by atoms with van der Waals surface area (Å²) in [4.78, 5) is 3.37. The van der Waals surface area contributed by atoms with Crippen molar-refractivity contribution in [2.24, 2.45) is 5.92 Å². The lowest BCUT2D eigenvalue weighted by Crippen LogP contribution is -2.18. The van der Waals surface area contributed by atoms with Crippen molar-refractivity contribution >= 4 is 45.8 Å². The largest absolute Gasteiger partial charge is 0.331 e. The Balaban J connectivity index is 1.88. The van der Waals surface area contributed by atoms with Crippen molar-refractivity contribution in [3.8, 4) is 0 Å². The van der Waals surface area contributed by atoms with E-state index in [2.05, 4.69) is 57.3 Å². The maximum Gasteiger partial charge on any atom is 0.178 e. The van der Waals surface area contributed by atoms with E-state index in [1.165, 1.54) is 53.1 Å². The summed E-state index contributed by atoms with van der Waals surface area (Å²) in [7, 11) is 0. The van der Waals surface area contributed by atoms with Crippen LogP contribution in [0.5, 0.6) is 0 Å². The third kappa shape index (κ3) is 2.82. The van der Waals surface area contributed by atoms with Crippen LogP contribution in [-0.2, 0) is 0 Å². The Kier molecular flexibility index (Phi) is 4.50. The molecular weight excluding hydrogens is 379 g/mol. The van der Waals surface area contributed by atoms with E-state index in [0.717, 1.165) is 10.7 Å². The highest BCUT2D eigenvalue weighted by Crippen LogP contribution is 2.36. The third-order valence-electron chi connectivity index (χ3n) is 4.56. The van der Waals surface area contributed by atoms with Crippen molar-refractivity contribution in [1.29, 1.82) is 0 Å². The molecule has 1 N–H and O–H groups in total. The Bertz CT molecular complexity index is 650. The summed E-state index contributed by atoms with van der Waals surface area (Å²) in [6.45, 7) is 2.30. The molecule has 0 aliphatic heterocycles. The van der Waals surface area contributed by atoms with Gasteiger partial charge in [0, 0.05) is 9.61 Å². The van der Waals surface area contributed by atoms with Gasteiger partial charge in [0.1, 0.15) is 0 Å². The summed E-state index contributed by atoms with van der Waals surface area (Å²) in [5.74, 6) is 0.941. The Morgan fingerprint density at radius 3 is 2.75 bits per heavy atom. The minimum absolute atomic E-state index is 0.587. The zero-order valence-electron chi connectivity index (χ0n) is 11.9. The molecule has 0 amide bonds. The van der Waals surface area contributed by atoms with Gasteiger partial charge in [0.2, 0.25) is 0 Å². The van der Waals surface area contributed by atoms with E-state index >= 15 is 0 Å². The smallest absolute Gasteiger partial charge is 0.178 e. The van der Waals surface area contributed by atoms with E-state index in [1.807, 2.05) is 0 Å². The fraction of sp³-hybridized carbons (Fsp3) is 0.562. The highest BCUT2D eigenvalue weighted by Gasteiger charge is 2.23. The predicted octanol–water partition coefficient (Wildman–Crippen LogP) is 5.83. The molecule has 20 heavy (non-hydrogen) atoms. The van der Waals surface area contributed by atoms with Crippen LogP contribution in [-0.4, -0.2) is 9.55 Å². The number of fused-ring (bicyclic) bond motifs is 1. The van der Waals surface area contributed by atoms with Gasteiger partial charge in [0.15, 0.2) is 4.77 Å². The van der Waals surface area contributed by atoms with Crippen LogP contribution in [0.2, 0.25) is 0 Å². The second-order valence-electron chi connectivity index (χ2n) is 5.92. The maximum atomic E-state index is 5.56. The average Bonchev–Trinajstić information content (AvgIpc) is 2.75. The van der Waals surface area contributed by atoms with E-state index < -0.39 is 0 Å². The molecule has 1 aliphatic carbocycles. The lowest BCUT2D eigenvalue weighted by Gasteiger charge is -2.29. The zero-order chi connectivity index (χ0) is 14.1. The zero-order valence-corrected chi connectivity index (χ0v) is 14.8. The summed E-state index contributed by atoms with van der Waals surface area (Å²) in [6.07, 6.45) is 7.98. The number of imidazole rings is 1. The second-order valence-corrected chi connectivity index (χ2v) is 7.56. The molecule has 1 aliphatic rings. The molecule has 0 saturated heterocycles. The number of nitrogens with one attached hydrogen (secondary N) is 1. The van der Waals surface area contributed by atoms with Gasteiger partial charge >= 0.3 is 0 Å². The number of hydrogen-bond acceptors (Lipinski definition) is 1. The van der Waals surface area contributed by atoms with E-state index in [1.54, 1.807) is 0 Å². The summed E-state index contributed by atoms with van der Waals surface area (Å²) in [5.41, 5.74) is 2.45. The molecule has 1 saturated carbocycles. The first kappa shape index (κ1) is 14.6.